The van der Waals surface area contributed by atoms with Gasteiger partial charge in [-0.3, -0.25) is 0 Å². The predicted octanol–water partition coefficient (Wildman–Crippen LogP) is 2.99. The van der Waals surface area contributed by atoms with Crippen LogP contribution in [0, 0.1) is 0 Å². The Balaban J connectivity index is 1.99. The van der Waals surface area contributed by atoms with Crippen LogP contribution in [0.4, 0.5) is 4.79 Å². The van der Waals surface area contributed by atoms with E-state index < -0.39 is 0 Å². The van der Waals surface area contributed by atoms with Crippen LogP contribution in [-0.2, 0) is 11.3 Å². The Labute approximate surface area is 121 Å². The Morgan fingerprint density at radius 3 is 2.75 bits per heavy atom. The van der Waals surface area contributed by atoms with Crippen LogP contribution in [0.3, 0.4) is 0 Å². The molecule has 1 aromatic rings. The molecule has 0 bridgehead atoms. The van der Waals surface area contributed by atoms with Gasteiger partial charge in [-0.1, -0.05) is 49.2 Å². The molecule has 3 N–H and O–H groups in total. The quantitative estimate of drug-likeness (QED) is 0.538. The zero-order valence-electron chi connectivity index (χ0n) is 11.9. The lowest BCUT2D eigenvalue weighted by atomic mass is 10.1. The molecule has 110 valence electrons. The number of hydrogen-bond donors (Lipinski definition) is 2. The van der Waals surface area contributed by atoms with Crippen LogP contribution >= 0.6 is 0 Å². The van der Waals surface area contributed by atoms with Gasteiger partial charge in [-0.25, -0.2) is 4.79 Å². The minimum absolute atomic E-state index is 0.0822. The SMILES string of the molecule is C=C[C@H](N)CCCCCNC(=O)OCc1ccccc1. The van der Waals surface area contributed by atoms with Crippen molar-refractivity contribution in [3.8, 4) is 0 Å². The number of hydrogen-bond acceptors (Lipinski definition) is 3. The zero-order chi connectivity index (χ0) is 14.6. The van der Waals surface area contributed by atoms with Crippen molar-refractivity contribution < 1.29 is 9.53 Å². The number of unbranched alkanes of at least 4 members (excludes halogenated alkanes) is 2. The van der Waals surface area contributed by atoms with Gasteiger partial charge in [0.25, 0.3) is 0 Å². The molecule has 1 rings (SSSR count). The lowest BCUT2D eigenvalue weighted by Crippen LogP contribution is -2.25. The summed E-state index contributed by atoms with van der Waals surface area (Å²) in [6.45, 7) is 4.59. The molecule has 0 heterocycles. The van der Waals surface area contributed by atoms with Crippen LogP contribution in [0.5, 0.6) is 0 Å². The number of ether oxygens (including phenoxy) is 1. The Hall–Kier alpha value is -1.81. The van der Waals surface area contributed by atoms with Gasteiger partial charge in [-0.2, -0.15) is 0 Å². The second-order valence-electron chi connectivity index (χ2n) is 4.74. The number of benzene rings is 1. The number of alkyl carbamates (subject to hydrolysis) is 1. The average Bonchev–Trinajstić information content (AvgIpc) is 2.49. The van der Waals surface area contributed by atoms with Gasteiger partial charge in [-0.15, -0.1) is 6.58 Å². The van der Waals surface area contributed by atoms with Crippen molar-refractivity contribution in [2.75, 3.05) is 6.54 Å². The number of nitrogens with one attached hydrogen (secondary N) is 1. The van der Waals surface area contributed by atoms with Crippen LogP contribution in [0.1, 0.15) is 31.2 Å². The topological polar surface area (TPSA) is 64.3 Å². The highest BCUT2D eigenvalue weighted by Gasteiger charge is 2.02. The molecular weight excluding hydrogens is 252 g/mol. The molecule has 0 unspecified atom stereocenters. The molecule has 0 aliphatic heterocycles. The number of carbonyl (C=O) groups excluding carboxylic acids is 1. The van der Waals surface area contributed by atoms with Gasteiger partial charge >= 0.3 is 6.09 Å². The maximum Gasteiger partial charge on any atom is 0.407 e. The second-order valence-corrected chi connectivity index (χ2v) is 4.74. The molecule has 0 saturated carbocycles. The summed E-state index contributed by atoms with van der Waals surface area (Å²) in [6.07, 6.45) is 5.37. The van der Waals surface area contributed by atoms with E-state index in [-0.39, 0.29) is 12.1 Å². The molecule has 0 aromatic heterocycles. The second kappa shape index (κ2) is 10.0. The zero-order valence-corrected chi connectivity index (χ0v) is 11.9. The smallest absolute Gasteiger partial charge is 0.407 e. The molecule has 0 aliphatic carbocycles. The van der Waals surface area contributed by atoms with Gasteiger partial charge < -0.3 is 15.8 Å². The first-order valence-electron chi connectivity index (χ1n) is 7.05. The number of carbonyl (C=O) groups is 1. The van der Waals surface area contributed by atoms with Crippen molar-refractivity contribution in [2.24, 2.45) is 5.73 Å². The molecule has 1 aromatic carbocycles. The van der Waals surface area contributed by atoms with Crippen molar-refractivity contribution in [2.45, 2.75) is 38.3 Å². The molecule has 4 heteroatoms. The van der Waals surface area contributed by atoms with E-state index in [1.54, 1.807) is 6.08 Å². The van der Waals surface area contributed by atoms with Gasteiger partial charge in [0.05, 0.1) is 0 Å². The van der Waals surface area contributed by atoms with Gasteiger partial charge in [0.1, 0.15) is 6.61 Å². The largest absolute Gasteiger partial charge is 0.445 e. The Kier molecular flexibility index (Phi) is 8.15. The van der Waals surface area contributed by atoms with Crippen molar-refractivity contribution in [3.63, 3.8) is 0 Å². The normalized spacial score (nSPS) is 11.7. The maximum atomic E-state index is 11.4. The van der Waals surface area contributed by atoms with Gasteiger partial charge in [-0.05, 0) is 18.4 Å². The standard InChI is InChI=1S/C16H24N2O2/c1-2-15(17)11-7-4-8-12-18-16(19)20-13-14-9-5-3-6-10-14/h2-3,5-6,9-10,15H,1,4,7-8,11-13,17H2,(H,18,19)/t15-/m0/s1. The maximum absolute atomic E-state index is 11.4. The molecule has 0 fully saturated rings. The van der Waals surface area contributed by atoms with Gasteiger partial charge in [0, 0.05) is 12.6 Å². The van der Waals surface area contributed by atoms with Crippen LogP contribution in [-0.4, -0.2) is 18.7 Å². The minimum atomic E-state index is -0.364. The van der Waals surface area contributed by atoms with Gasteiger partial charge in [0.15, 0.2) is 0 Å². The van der Waals surface area contributed by atoms with Crippen LogP contribution in [0.2, 0.25) is 0 Å². The molecule has 0 radical (unpaired) electrons. The van der Waals surface area contributed by atoms with Crippen LogP contribution < -0.4 is 11.1 Å². The lowest BCUT2D eigenvalue weighted by Gasteiger charge is -2.08. The number of rotatable bonds is 9. The average molecular weight is 276 g/mol. The van der Waals surface area contributed by atoms with Gasteiger partial charge in [0.2, 0.25) is 0 Å². The summed E-state index contributed by atoms with van der Waals surface area (Å²) in [6, 6.07) is 9.71. The van der Waals surface area contributed by atoms with E-state index in [1.165, 1.54) is 0 Å². The van der Waals surface area contributed by atoms with Crippen LogP contribution in [0.15, 0.2) is 43.0 Å². The number of nitrogens with two attached hydrogens (primary N) is 1. The molecule has 20 heavy (non-hydrogen) atoms. The van der Waals surface area contributed by atoms with E-state index in [0.29, 0.717) is 13.2 Å². The summed E-state index contributed by atoms with van der Waals surface area (Å²) in [5.41, 5.74) is 6.71. The highest BCUT2D eigenvalue weighted by Crippen LogP contribution is 2.03. The van der Waals surface area contributed by atoms with E-state index in [9.17, 15) is 4.79 Å². The molecular formula is C16H24N2O2. The van der Waals surface area contributed by atoms with E-state index in [2.05, 4.69) is 11.9 Å². The Bertz CT molecular complexity index is 393. The third-order valence-electron chi connectivity index (χ3n) is 3.00. The predicted molar refractivity (Wildman–Crippen MR) is 81.3 cm³/mol. The fraction of sp³-hybridized carbons (Fsp3) is 0.438. The molecule has 0 spiro atoms. The van der Waals surface area contributed by atoms with Crippen molar-refractivity contribution in [1.29, 1.82) is 0 Å². The fourth-order valence-corrected chi connectivity index (χ4v) is 1.76. The van der Waals surface area contributed by atoms with Crippen molar-refractivity contribution in [1.82, 2.24) is 5.32 Å². The first-order valence-corrected chi connectivity index (χ1v) is 7.05. The molecule has 0 aliphatic rings. The fourth-order valence-electron chi connectivity index (χ4n) is 1.76. The summed E-state index contributed by atoms with van der Waals surface area (Å²) in [4.78, 5) is 11.4. The first kappa shape index (κ1) is 16.2. The van der Waals surface area contributed by atoms with Crippen molar-refractivity contribution in [3.05, 3.63) is 48.6 Å². The monoisotopic (exact) mass is 276 g/mol. The highest BCUT2D eigenvalue weighted by atomic mass is 16.5. The Morgan fingerprint density at radius 2 is 2.05 bits per heavy atom. The summed E-state index contributed by atoms with van der Waals surface area (Å²) < 4.78 is 5.11. The molecule has 1 amide bonds. The van der Waals surface area contributed by atoms with Crippen LogP contribution in [0.25, 0.3) is 0 Å². The lowest BCUT2D eigenvalue weighted by molar-refractivity contribution is 0.139. The Morgan fingerprint density at radius 1 is 1.30 bits per heavy atom. The third kappa shape index (κ3) is 7.59. The minimum Gasteiger partial charge on any atom is -0.445 e. The van der Waals surface area contributed by atoms with E-state index in [0.717, 1.165) is 31.2 Å². The van der Waals surface area contributed by atoms with E-state index in [1.807, 2.05) is 30.3 Å². The summed E-state index contributed by atoms with van der Waals surface area (Å²) in [5, 5.41) is 2.74. The van der Waals surface area contributed by atoms with E-state index in [4.69, 9.17) is 10.5 Å². The molecule has 0 saturated heterocycles. The number of amides is 1. The summed E-state index contributed by atoms with van der Waals surface area (Å²) >= 11 is 0. The van der Waals surface area contributed by atoms with Crippen molar-refractivity contribution >= 4 is 6.09 Å². The summed E-state index contributed by atoms with van der Waals surface area (Å²) in [5.74, 6) is 0. The highest BCUT2D eigenvalue weighted by molar-refractivity contribution is 5.67. The molecule has 4 nitrogen and oxygen atoms in total. The first-order chi connectivity index (χ1) is 9.72. The summed E-state index contributed by atoms with van der Waals surface area (Å²) in [7, 11) is 0. The molecule has 1 atom stereocenters. The third-order valence-corrected chi connectivity index (χ3v) is 3.00. The van der Waals surface area contributed by atoms with E-state index >= 15 is 0 Å².